The lowest BCUT2D eigenvalue weighted by atomic mass is 9.97. The Morgan fingerprint density at radius 1 is 1.35 bits per heavy atom. The molecule has 1 heteroatoms. The Kier molecular flexibility index (Phi) is 5.99. The quantitative estimate of drug-likeness (QED) is 0.702. The molecule has 0 aliphatic heterocycles. The first-order valence-corrected chi connectivity index (χ1v) is 6.61. The Morgan fingerprint density at radius 2 is 2.12 bits per heavy atom. The van der Waals surface area contributed by atoms with Crippen molar-refractivity contribution >= 4 is 0 Å². The van der Waals surface area contributed by atoms with Crippen molar-refractivity contribution in [3.8, 4) is 0 Å². The van der Waals surface area contributed by atoms with Gasteiger partial charge in [-0.3, -0.25) is 0 Å². The average molecular weight is 231 g/mol. The molecule has 0 radical (unpaired) electrons. The van der Waals surface area contributed by atoms with E-state index in [4.69, 9.17) is 0 Å². The second-order valence-electron chi connectivity index (χ2n) is 4.76. The second kappa shape index (κ2) is 7.29. The third kappa shape index (κ3) is 5.18. The van der Waals surface area contributed by atoms with Crippen molar-refractivity contribution in [2.24, 2.45) is 0 Å². The number of rotatable bonds is 7. The summed E-state index contributed by atoms with van der Waals surface area (Å²) in [6.45, 7) is 11.6. The molecule has 0 amide bonds. The van der Waals surface area contributed by atoms with Gasteiger partial charge >= 0.3 is 0 Å². The molecule has 1 atom stereocenters. The highest BCUT2D eigenvalue weighted by Crippen LogP contribution is 2.13. The molecule has 0 spiro atoms. The Hall–Kier alpha value is -1.08. The molecule has 1 nitrogen and oxygen atoms in total. The van der Waals surface area contributed by atoms with Crippen LogP contribution in [-0.4, -0.2) is 12.6 Å². The zero-order valence-corrected chi connectivity index (χ0v) is 11.4. The van der Waals surface area contributed by atoms with E-state index >= 15 is 0 Å². The van der Waals surface area contributed by atoms with E-state index in [1.165, 1.54) is 16.7 Å². The molecule has 0 aromatic heterocycles. The van der Waals surface area contributed by atoms with Gasteiger partial charge in [0.2, 0.25) is 0 Å². The van der Waals surface area contributed by atoms with E-state index < -0.39 is 0 Å². The minimum atomic E-state index is 0.522. The number of aryl methyl sites for hydroxylation is 1. The van der Waals surface area contributed by atoms with Gasteiger partial charge in [-0.2, -0.15) is 0 Å². The lowest BCUT2D eigenvalue weighted by molar-refractivity contribution is 0.515. The molecule has 0 bridgehead atoms. The van der Waals surface area contributed by atoms with Gasteiger partial charge in [0.25, 0.3) is 0 Å². The third-order valence-electron chi connectivity index (χ3n) is 3.09. The smallest absolute Gasteiger partial charge is 0.0144 e. The fourth-order valence-electron chi connectivity index (χ4n) is 2.12. The number of hydrogen-bond donors (Lipinski definition) is 1. The third-order valence-corrected chi connectivity index (χ3v) is 3.09. The van der Waals surface area contributed by atoms with Crippen LogP contribution in [0.4, 0.5) is 0 Å². The molecule has 1 aromatic rings. The van der Waals surface area contributed by atoms with E-state index in [0.29, 0.717) is 6.04 Å². The lowest BCUT2D eigenvalue weighted by Gasteiger charge is -2.19. The van der Waals surface area contributed by atoms with Crippen LogP contribution in [0.5, 0.6) is 0 Å². The summed E-state index contributed by atoms with van der Waals surface area (Å²) >= 11 is 0. The molecule has 94 valence electrons. The standard InChI is InChI=1S/C16H25N/c1-5-13(3)11-16(17-6-2)12-15-9-7-8-14(4)10-15/h7-10,16-17H,3,5-6,11-12H2,1-2,4H3. The number of benzene rings is 1. The normalized spacial score (nSPS) is 12.4. The minimum absolute atomic E-state index is 0.522. The first kappa shape index (κ1) is 14.0. The van der Waals surface area contributed by atoms with Crippen LogP contribution in [0.25, 0.3) is 0 Å². The summed E-state index contributed by atoms with van der Waals surface area (Å²) in [7, 11) is 0. The van der Waals surface area contributed by atoms with Gasteiger partial charge in [0.05, 0.1) is 0 Å². The SMILES string of the molecule is C=C(CC)CC(Cc1cccc(C)c1)NCC. The van der Waals surface area contributed by atoms with Crippen molar-refractivity contribution in [2.45, 2.75) is 46.1 Å². The van der Waals surface area contributed by atoms with E-state index in [2.05, 4.69) is 56.9 Å². The molecule has 1 aromatic carbocycles. The molecule has 0 aliphatic carbocycles. The van der Waals surface area contributed by atoms with Crippen LogP contribution in [0.2, 0.25) is 0 Å². The fraction of sp³-hybridized carbons (Fsp3) is 0.500. The van der Waals surface area contributed by atoms with Crippen molar-refractivity contribution < 1.29 is 0 Å². The van der Waals surface area contributed by atoms with E-state index in [1.807, 2.05) is 0 Å². The molecule has 0 fully saturated rings. The molecule has 0 heterocycles. The molecular formula is C16H25N. The van der Waals surface area contributed by atoms with Gasteiger partial charge in [-0.25, -0.2) is 0 Å². The second-order valence-corrected chi connectivity index (χ2v) is 4.76. The van der Waals surface area contributed by atoms with Gasteiger partial charge < -0.3 is 5.32 Å². The Morgan fingerprint density at radius 3 is 2.71 bits per heavy atom. The van der Waals surface area contributed by atoms with Crippen LogP contribution in [0.3, 0.4) is 0 Å². The Labute approximate surface area is 106 Å². The first-order valence-electron chi connectivity index (χ1n) is 6.61. The highest BCUT2D eigenvalue weighted by atomic mass is 14.9. The van der Waals surface area contributed by atoms with Crippen molar-refractivity contribution in [1.82, 2.24) is 5.32 Å². The largest absolute Gasteiger partial charge is 0.314 e. The fourth-order valence-corrected chi connectivity index (χ4v) is 2.12. The molecule has 17 heavy (non-hydrogen) atoms. The molecule has 0 saturated heterocycles. The van der Waals surface area contributed by atoms with E-state index in [0.717, 1.165) is 25.8 Å². The predicted molar refractivity (Wildman–Crippen MR) is 76.4 cm³/mol. The Balaban J connectivity index is 2.62. The van der Waals surface area contributed by atoms with Gasteiger partial charge in [-0.1, -0.05) is 55.8 Å². The number of likely N-dealkylation sites (N-methyl/N-ethyl adjacent to an activating group) is 1. The number of nitrogens with one attached hydrogen (secondary N) is 1. The predicted octanol–water partition coefficient (Wildman–Crippen LogP) is 3.87. The van der Waals surface area contributed by atoms with Crippen LogP contribution >= 0.6 is 0 Å². The maximum atomic E-state index is 4.11. The Bertz CT molecular complexity index is 354. The van der Waals surface area contributed by atoms with Gasteiger partial charge in [0.15, 0.2) is 0 Å². The molecule has 1 N–H and O–H groups in total. The molecule has 0 saturated carbocycles. The van der Waals surface area contributed by atoms with Gasteiger partial charge in [-0.15, -0.1) is 0 Å². The summed E-state index contributed by atoms with van der Waals surface area (Å²) in [4.78, 5) is 0. The molecule has 1 unspecified atom stereocenters. The highest BCUT2D eigenvalue weighted by Gasteiger charge is 2.09. The summed E-state index contributed by atoms with van der Waals surface area (Å²) in [6, 6.07) is 9.30. The van der Waals surface area contributed by atoms with Gasteiger partial charge in [0.1, 0.15) is 0 Å². The molecule has 1 rings (SSSR count). The van der Waals surface area contributed by atoms with Crippen LogP contribution in [0, 0.1) is 6.92 Å². The molecule has 0 aliphatic rings. The van der Waals surface area contributed by atoms with Gasteiger partial charge in [-0.05, 0) is 38.3 Å². The monoisotopic (exact) mass is 231 g/mol. The maximum Gasteiger partial charge on any atom is 0.0144 e. The molecular weight excluding hydrogens is 206 g/mol. The van der Waals surface area contributed by atoms with Crippen molar-refractivity contribution in [2.75, 3.05) is 6.54 Å². The van der Waals surface area contributed by atoms with Gasteiger partial charge in [0, 0.05) is 6.04 Å². The summed E-state index contributed by atoms with van der Waals surface area (Å²) in [5, 5.41) is 3.55. The van der Waals surface area contributed by atoms with Crippen LogP contribution in [0.15, 0.2) is 36.4 Å². The topological polar surface area (TPSA) is 12.0 Å². The zero-order valence-electron chi connectivity index (χ0n) is 11.4. The summed E-state index contributed by atoms with van der Waals surface area (Å²) in [5.41, 5.74) is 4.09. The maximum absolute atomic E-state index is 4.11. The van der Waals surface area contributed by atoms with Crippen molar-refractivity contribution in [3.63, 3.8) is 0 Å². The lowest BCUT2D eigenvalue weighted by Crippen LogP contribution is -2.31. The average Bonchev–Trinajstić information content (AvgIpc) is 2.29. The summed E-state index contributed by atoms with van der Waals surface area (Å²) < 4.78 is 0. The summed E-state index contributed by atoms with van der Waals surface area (Å²) in [5.74, 6) is 0. The van der Waals surface area contributed by atoms with Crippen LogP contribution in [0.1, 0.15) is 37.8 Å². The highest BCUT2D eigenvalue weighted by molar-refractivity contribution is 5.23. The van der Waals surface area contributed by atoms with Crippen LogP contribution < -0.4 is 5.32 Å². The van der Waals surface area contributed by atoms with E-state index in [9.17, 15) is 0 Å². The summed E-state index contributed by atoms with van der Waals surface area (Å²) in [6.07, 6.45) is 3.25. The van der Waals surface area contributed by atoms with Crippen LogP contribution in [-0.2, 0) is 6.42 Å². The van der Waals surface area contributed by atoms with E-state index in [-0.39, 0.29) is 0 Å². The van der Waals surface area contributed by atoms with Crippen molar-refractivity contribution in [3.05, 3.63) is 47.5 Å². The first-order chi connectivity index (χ1) is 8.15. The minimum Gasteiger partial charge on any atom is -0.314 e. The van der Waals surface area contributed by atoms with E-state index in [1.54, 1.807) is 0 Å². The van der Waals surface area contributed by atoms with Crippen molar-refractivity contribution in [1.29, 1.82) is 0 Å². The zero-order chi connectivity index (χ0) is 12.7. The number of hydrogen-bond acceptors (Lipinski definition) is 1.